The number of unbranched alkanes of at least 4 members (excludes halogenated alkanes) is 10. The van der Waals surface area contributed by atoms with Gasteiger partial charge in [0.15, 0.2) is 0 Å². The number of nitrogens with one attached hydrogen (secondary N) is 4. The van der Waals surface area contributed by atoms with Crippen LogP contribution in [0, 0.1) is 5.92 Å². The third-order valence-corrected chi connectivity index (χ3v) is 15.4. The minimum absolute atomic E-state index is 0.0522. The first kappa shape index (κ1) is 65.2. The molecule has 0 aromatic carbocycles. The predicted molar refractivity (Wildman–Crippen MR) is 299 cm³/mol. The smallest absolute Gasteiger partial charge is 0.325 e. The summed E-state index contributed by atoms with van der Waals surface area (Å²) < 4.78 is 24.6. The highest BCUT2D eigenvalue weighted by atomic mass is 16.6. The van der Waals surface area contributed by atoms with Crippen LogP contribution in [-0.2, 0) is 47.7 Å². The topological polar surface area (TPSA) is 194 Å². The van der Waals surface area contributed by atoms with Gasteiger partial charge in [0, 0.05) is 95.7 Å². The summed E-state index contributed by atoms with van der Waals surface area (Å²) in [6.45, 7) is 32.6. The maximum Gasteiger partial charge on any atom is 0.325 e. The van der Waals surface area contributed by atoms with E-state index in [0.29, 0.717) is 57.8 Å². The van der Waals surface area contributed by atoms with Crippen molar-refractivity contribution < 1.29 is 47.7 Å². The Bertz CT molecular complexity index is 1660. The number of carbonyl (C=O) groups excluding carboxylic acids is 6. The van der Waals surface area contributed by atoms with E-state index in [4.69, 9.17) is 18.9 Å². The van der Waals surface area contributed by atoms with E-state index in [2.05, 4.69) is 28.2 Å². The van der Waals surface area contributed by atoms with Gasteiger partial charge in [-0.25, -0.2) is 0 Å². The number of ether oxygens (including phenoxy) is 4. The number of nitrogens with zero attached hydrogens (tertiary/aromatic N) is 2. The van der Waals surface area contributed by atoms with Crippen LogP contribution in [0.3, 0.4) is 0 Å². The van der Waals surface area contributed by atoms with Gasteiger partial charge in [-0.2, -0.15) is 0 Å². The molecule has 0 radical (unpaired) electrons. The highest BCUT2D eigenvalue weighted by molar-refractivity contribution is 6.03. The molecule has 4 N–H and O–H groups in total. The van der Waals surface area contributed by atoms with Crippen molar-refractivity contribution in [1.82, 2.24) is 31.1 Å². The fourth-order valence-corrected chi connectivity index (χ4v) is 14.0. The summed E-state index contributed by atoms with van der Waals surface area (Å²) >= 11 is 0. The maximum absolute atomic E-state index is 15.5. The minimum Gasteiger partial charge on any atom is -0.461 e. The third kappa shape index (κ3) is 23.2. The van der Waals surface area contributed by atoms with E-state index in [1.165, 1.54) is 32.1 Å². The first-order chi connectivity index (χ1) is 34.9. The van der Waals surface area contributed by atoms with E-state index >= 15 is 9.59 Å². The number of carbonyl (C=O) groups is 6. The van der Waals surface area contributed by atoms with Crippen molar-refractivity contribution in [1.29, 1.82) is 0 Å². The molecule has 4 aliphatic heterocycles. The summed E-state index contributed by atoms with van der Waals surface area (Å²) in [6, 6.07) is 0. The van der Waals surface area contributed by atoms with Crippen molar-refractivity contribution in [3.8, 4) is 0 Å². The lowest BCUT2D eigenvalue weighted by Crippen LogP contribution is -2.60. The Morgan fingerprint density at radius 1 is 0.355 bits per heavy atom. The molecular formula is C60H108N6O10. The monoisotopic (exact) mass is 1070 g/mol. The zero-order chi connectivity index (χ0) is 57.1. The summed E-state index contributed by atoms with van der Waals surface area (Å²) in [6.07, 6.45) is 13.9. The van der Waals surface area contributed by atoms with Crippen LogP contribution in [0.1, 0.15) is 246 Å². The number of piperidine rings is 4. The zero-order valence-electron chi connectivity index (χ0n) is 50.8. The predicted octanol–water partition coefficient (Wildman–Crippen LogP) is 9.37. The van der Waals surface area contributed by atoms with E-state index in [1.807, 2.05) is 111 Å². The first-order valence-electron chi connectivity index (χ1n) is 29.4. The highest BCUT2D eigenvalue weighted by Gasteiger charge is 2.45. The molecule has 2 amide bonds. The average molecular weight is 1070 g/mol. The normalized spacial score (nSPS) is 22.8. The van der Waals surface area contributed by atoms with Crippen molar-refractivity contribution in [2.45, 2.75) is 315 Å². The summed E-state index contributed by atoms with van der Waals surface area (Å²) in [5.41, 5.74) is -2.77. The van der Waals surface area contributed by atoms with Crippen molar-refractivity contribution in [3.05, 3.63) is 0 Å². The average Bonchev–Trinajstić information content (AvgIpc) is 3.18. The Morgan fingerprint density at radius 3 is 0.763 bits per heavy atom. The Kier molecular flexibility index (Phi) is 22.9. The lowest BCUT2D eigenvalue weighted by molar-refractivity contribution is -0.167. The van der Waals surface area contributed by atoms with Crippen LogP contribution in [0.15, 0.2) is 0 Å². The van der Waals surface area contributed by atoms with Gasteiger partial charge in [0.1, 0.15) is 56.5 Å². The van der Waals surface area contributed by atoms with Gasteiger partial charge in [0.25, 0.3) is 0 Å². The number of rotatable bonds is 26. The van der Waals surface area contributed by atoms with Gasteiger partial charge in [-0.05, 0) is 117 Å². The fraction of sp³-hybridized carbons (Fsp3) is 0.900. The second-order valence-electron chi connectivity index (χ2n) is 28.9. The standard InChI is InChI=1S/C60H108N6O10/c1-18-19-20-21-22-23-24-25-26-27-28-29-46(51(71)65(38-47(67)73-42-30-53(2,3)61-54(4,5)31-42)39-48(68)74-43-32-55(6,7)62-56(8,9)33-43)52(72)66(40-49(69)75-44-34-57(10,11)63-58(12,13)35-44)41-50(70)76-45-36-59(14,15)64-60(16,17)37-45/h42-46,61-64H,18-41H2,1-17H3. The molecule has 4 rings (SSSR count). The molecular weight excluding hydrogens is 965 g/mol. The molecule has 4 heterocycles. The summed E-state index contributed by atoms with van der Waals surface area (Å²) in [5, 5.41) is 14.4. The van der Waals surface area contributed by atoms with Crippen LogP contribution in [0.4, 0.5) is 0 Å². The molecule has 0 bridgehead atoms. The molecule has 4 aliphatic rings. The molecule has 76 heavy (non-hydrogen) atoms. The van der Waals surface area contributed by atoms with Gasteiger partial charge in [0.2, 0.25) is 11.8 Å². The van der Waals surface area contributed by atoms with Gasteiger partial charge in [-0.3, -0.25) is 28.8 Å². The van der Waals surface area contributed by atoms with E-state index in [1.54, 1.807) is 0 Å². The summed E-state index contributed by atoms with van der Waals surface area (Å²) in [5.74, 6) is -5.88. The van der Waals surface area contributed by atoms with Gasteiger partial charge in [-0.15, -0.1) is 0 Å². The van der Waals surface area contributed by atoms with Gasteiger partial charge in [0.05, 0.1) is 0 Å². The van der Waals surface area contributed by atoms with E-state index in [0.717, 1.165) is 41.9 Å². The molecule has 4 saturated heterocycles. The Balaban J connectivity index is 1.69. The fourth-order valence-electron chi connectivity index (χ4n) is 14.0. The lowest BCUT2D eigenvalue weighted by Gasteiger charge is -2.46. The number of amides is 2. The van der Waals surface area contributed by atoms with Crippen LogP contribution < -0.4 is 21.3 Å². The summed E-state index contributed by atoms with van der Waals surface area (Å²) in [7, 11) is 0. The van der Waals surface area contributed by atoms with Crippen molar-refractivity contribution in [2.75, 3.05) is 26.2 Å². The van der Waals surface area contributed by atoms with E-state index in [9.17, 15) is 19.2 Å². The third-order valence-electron chi connectivity index (χ3n) is 15.4. The molecule has 0 aromatic rings. The second kappa shape index (κ2) is 26.7. The first-order valence-corrected chi connectivity index (χ1v) is 29.4. The Labute approximate surface area is 459 Å². The van der Waals surface area contributed by atoms with Crippen molar-refractivity contribution in [3.63, 3.8) is 0 Å². The molecule has 4 fully saturated rings. The van der Waals surface area contributed by atoms with Crippen LogP contribution in [0.25, 0.3) is 0 Å². The lowest BCUT2D eigenvalue weighted by atomic mass is 9.81. The highest BCUT2D eigenvalue weighted by Crippen LogP contribution is 2.35. The molecule has 16 nitrogen and oxygen atoms in total. The molecule has 0 unspecified atom stereocenters. The maximum atomic E-state index is 15.5. The second-order valence-corrected chi connectivity index (χ2v) is 28.9. The molecule has 438 valence electrons. The molecule has 0 spiro atoms. The van der Waals surface area contributed by atoms with Crippen LogP contribution in [0.5, 0.6) is 0 Å². The molecule has 16 heteroatoms. The van der Waals surface area contributed by atoms with Gasteiger partial charge < -0.3 is 50.0 Å². The van der Waals surface area contributed by atoms with E-state index in [-0.39, 0.29) is 50.7 Å². The Hall–Kier alpha value is -3.34. The van der Waals surface area contributed by atoms with Gasteiger partial charge >= 0.3 is 23.9 Å². The van der Waals surface area contributed by atoms with Crippen LogP contribution >= 0.6 is 0 Å². The van der Waals surface area contributed by atoms with Crippen molar-refractivity contribution >= 4 is 35.7 Å². The zero-order valence-corrected chi connectivity index (χ0v) is 50.8. The summed E-state index contributed by atoms with van der Waals surface area (Å²) in [4.78, 5) is 89.9. The number of hydrogen-bond donors (Lipinski definition) is 4. The Morgan fingerprint density at radius 2 is 0.553 bits per heavy atom. The van der Waals surface area contributed by atoms with Gasteiger partial charge in [-0.1, -0.05) is 77.6 Å². The molecule has 0 saturated carbocycles. The van der Waals surface area contributed by atoms with Crippen LogP contribution in [-0.4, -0.2) is 140 Å². The minimum atomic E-state index is -1.47. The SMILES string of the molecule is CCCCCCCCCCCCCC(C(=O)N(CC(=O)OC1CC(C)(C)NC(C)(C)C1)CC(=O)OC1CC(C)(C)NC(C)(C)C1)C(=O)N(CC(=O)OC1CC(C)(C)NC(C)(C)C1)CC(=O)OC1CC(C)(C)NC(C)(C)C1. The molecule has 0 aromatic heterocycles. The molecule has 0 aliphatic carbocycles. The number of esters is 4. The quantitative estimate of drug-likeness (QED) is 0.0277. The largest absolute Gasteiger partial charge is 0.461 e. The van der Waals surface area contributed by atoms with Crippen LogP contribution in [0.2, 0.25) is 0 Å². The van der Waals surface area contributed by atoms with Crippen molar-refractivity contribution in [2.24, 2.45) is 5.92 Å². The molecule has 0 atom stereocenters. The number of hydrogen-bond acceptors (Lipinski definition) is 14. The van der Waals surface area contributed by atoms with E-state index < -0.39 is 92.2 Å².